The third kappa shape index (κ3) is 1.99. The Morgan fingerprint density at radius 3 is 2.33 bits per heavy atom. The lowest BCUT2D eigenvalue weighted by molar-refractivity contribution is -0.168. The number of benzene rings is 1. The maximum absolute atomic E-state index is 12.7. The van der Waals surface area contributed by atoms with Crippen molar-refractivity contribution in [3.05, 3.63) is 34.9 Å². The zero-order chi connectivity index (χ0) is 17.8. The van der Waals surface area contributed by atoms with Gasteiger partial charge in [0.15, 0.2) is 5.60 Å². The molecule has 1 aromatic carbocycles. The minimum Gasteiger partial charge on any atom is -0.448 e. The SMILES string of the molecule is CC12CCC(C(=O)NNC(=O)c3ccccc3Cl)(OC1=O)C2(C)C. The summed E-state index contributed by atoms with van der Waals surface area (Å²) in [5.41, 5.74) is 2.34. The van der Waals surface area contributed by atoms with Crippen LogP contribution in [0.25, 0.3) is 0 Å². The molecule has 24 heavy (non-hydrogen) atoms. The molecule has 2 amide bonds. The van der Waals surface area contributed by atoms with Crippen molar-refractivity contribution in [1.82, 2.24) is 10.9 Å². The number of hydrazine groups is 1. The minimum absolute atomic E-state index is 0.246. The van der Waals surface area contributed by atoms with E-state index in [0.29, 0.717) is 12.8 Å². The lowest BCUT2D eigenvalue weighted by atomic mass is 9.66. The van der Waals surface area contributed by atoms with E-state index < -0.39 is 28.2 Å². The van der Waals surface area contributed by atoms with E-state index in [4.69, 9.17) is 16.3 Å². The Labute approximate surface area is 144 Å². The molecule has 128 valence electrons. The Hall–Kier alpha value is -2.08. The van der Waals surface area contributed by atoms with Gasteiger partial charge < -0.3 is 4.74 Å². The molecule has 2 unspecified atom stereocenters. The number of amides is 2. The third-order valence-corrected chi connectivity index (χ3v) is 6.19. The first-order valence-corrected chi connectivity index (χ1v) is 8.12. The van der Waals surface area contributed by atoms with Crippen LogP contribution in [0.1, 0.15) is 44.0 Å². The van der Waals surface area contributed by atoms with Crippen molar-refractivity contribution in [2.24, 2.45) is 10.8 Å². The number of esters is 1. The molecule has 1 aromatic rings. The first kappa shape index (κ1) is 16.8. The Kier molecular flexibility index (Phi) is 3.64. The molecular formula is C17H19ClN2O4. The average Bonchev–Trinajstić information content (AvgIpc) is 2.83. The standard InChI is InChI=1S/C17H19ClN2O4/c1-15(2)16(3)8-9-17(15,24-14(16)23)13(22)20-19-12(21)10-6-4-5-7-11(10)18/h4-7H,8-9H2,1-3H3,(H,19,21)(H,20,22). The molecule has 2 aliphatic rings. The van der Waals surface area contributed by atoms with Gasteiger partial charge in [-0.15, -0.1) is 0 Å². The summed E-state index contributed by atoms with van der Waals surface area (Å²) in [4.78, 5) is 37.1. The fraction of sp³-hybridized carbons (Fsp3) is 0.471. The van der Waals surface area contributed by atoms with Crippen LogP contribution in [0.5, 0.6) is 0 Å². The van der Waals surface area contributed by atoms with Crippen LogP contribution in [0.4, 0.5) is 0 Å². The number of carbonyl (C=O) groups is 3. The summed E-state index contributed by atoms with van der Waals surface area (Å²) in [6.45, 7) is 5.51. The second-order valence-corrected chi connectivity index (χ2v) is 7.47. The average molecular weight is 351 g/mol. The summed E-state index contributed by atoms with van der Waals surface area (Å²) >= 11 is 5.96. The van der Waals surface area contributed by atoms with E-state index in [1.807, 2.05) is 20.8 Å². The molecule has 2 bridgehead atoms. The van der Waals surface area contributed by atoms with Gasteiger partial charge in [-0.2, -0.15) is 0 Å². The Morgan fingerprint density at radius 2 is 1.79 bits per heavy atom. The first-order chi connectivity index (χ1) is 11.2. The predicted octanol–water partition coefficient (Wildman–Crippen LogP) is 2.22. The van der Waals surface area contributed by atoms with Gasteiger partial charge in [-0.25, -0.2) is 0 Å². The monoisotopic (exact) mass is 350 g/mol. The summed E-state index contributed by atoms with van der Waals surface area (Å²) in [5, 5.41) is 0.281. The number of ether oxygens (including phenoxy) is 1. The molecule has 1 saturated heterocycles. The van der Waals surface area contributed by atoms with E-state index in [9.17, 15) is 14.4 Å². The molecule has 1 heterocycles. The van der Waals surface area contributed by atoms with Crippen LogP contribution in [-0.2, 0) is 14.3 Å². The quantitative estimate of drug-likeness (QED) is 0.632. The highest BCUT2D eigenvalue weighted by Crippen LogP contribution is 2.65. The highest BCUT2D eigenvalue weighted by Gasteiger charge is 2.75. The van der Waals surface area contributed by atoms with Crippen molar-refractivity contribution in [1.29, 1.82) is 0 Å². The van der Waals surface area contributed by atoms with Gasteiger partial charge >= 0.3 is 5.97 Å². The highest BCUT2D eigenvalue weighted by molar-refractivity contribution is 6.33. The summed E-state index contributed by atoms with van der Waals surface area (Å²) in [6, 6.07) is 6.51. The zero-order valence-corrected chi connectivity index (χ0v) is 14.5. The van der Waals surface area contributed by atoms with Gasteiger partial charge in [-0.05, 0) is 31.9 Å². The van der Waals surface area contributed by atoms with Crippen LogP contribution in [0, 0.1) is 10.8 Å². The van der Waals surface area contributed by atoms with Crippen LogP contribution in [-0.4, -0.2) is 23.4 Å². The number of rotatable bonds is 2. The van der Waals surface area contributed by atoms with E-state index in [1.165, 1.54) is 0 Å². The van der Waals surface area contributed by atoms with Gasteiger partial charge in [0.2, 0.25) is 0 Å². The van der Waals surface area contributed by atoms with Gasteiger partial charge in [-0.3, -0.25) is 25.2 Å². The van der Waals surface area contributed by atoms with Crippen molar-refractivity contribution in [2.45, 2.75) is 39.2 Å². The van der Waals surface area contributed by atoms with Gasteiger partial charge in [-0.1, -0.05) is 37.6 Å². The largest absolute Gasteiger partial charge is 0.448 e. The molecule has 6 nitrogen and oxygen atoms in total. The molecule has 0 radical (unpaired) electrons. The summed E-state index contributed by atoms with van der Waals surface area (Å²) in [5.74, 6) is -1.43. The number of hydrogen-bond donors (Lipinski definition) is 2. The molecular weight excluding hydrogens is 332 g/mol. The van der Waals surface area contributed by atoms with Crippen molar-refractivity contribution in [3.8, 4) is 0 Å². The normalized spacial score (nSPS) is 29.9. The lowest BCUT2D eigenvalue weighted by Crippen LogP contribution is -2.57. The molecule has 0 spiro atoms. The van der Waals surface area contributed by atoms with E-state index in [2.05, 4.69) is 10.9 Å². The second-order valence-electron chi connectivity index (χ2n) is 7.06. The topological polar surface area (TPSA) is 84.5 Å². The smallest absolute Gasteiger partial charge is 0.313 e. The minimum atomic E-state index is -1.27. The number of nitrogens with one attached hydrogen (secondary N) is 2. The first-order valence-electron chi connectivity index (χ1n) is 7.74. The van der Waals surface area contributed by atoms with Crippen LogP contribution < -0.4 is 10.9 Å². The molecule has 2 N–H and O–H groups in total. The molecule has 7 heteroatoms. The van der Waals surface area contributed by atoms with Crippen molar-refractivity contribution >= 4 is 29.4 Å². The van der Waals surface area contributed by atoms with Gasteiger partial charge in [0.1, 0.15) is 0 Å². The molecule has 0 aromatic heterocycles. The molecule has 1 saturated carbocycles. The van der Waals surface area contributed by atoms with E-state index in [1.54, 1.807) is 24.3 Å². The van der Waals surface area contributed by atoms with Crippen molar-refractivity contribution < 1.29 is 19.1 Å². The summed E-state index contributed by atoms with van der Waals surface area (Å²) in [6.07, 6.45) is 1.00. The van der Waals surface area contributed by atoms with Crippen LogP contribution >= 0.6 is 11.6 Å². The van der Waals surface area contributed by atoms with Crippen molar-refractivity contribution in [3.63, 3.8) is 0 Å². The molecule has 1 aliphatic heterocycles. The molecule has 3 rings (SSSR count). The fourth-order valence-corrected chi connectivity index (χ4v) is 3.90. The number of fused-ring (bicyclic) bond motifs is 2. The van der Waals surface area contributed by atoms with Crippen LogP contribution in [0.3, 0.4) is 0 Å². The second kappa shape index (κ2) is 5.21. The van der Waals surface area contributed by atoms with Gasteiger partial charge in [0.25, 0.3) is 11.8 Å². The summed E-state index contributed by atoms with van der Waals surface area (Å²) < 4.78 is 5.46. The number of carbonyl (C=O) groups excluding carboxylic acids is 3. The van der Waals surface area contributed by atoms with Crippen LogP contribution in [0.2, 0.25) is 5.02 Å². The molecule has 2 atom stereocenters. The fourth-order valence-electron chi connectivity index (χ4n) is 3.67. The Balaban J connectivity index is 1.76. The van der Waals surface area contributed by atoms with Crippen molar-refractivity contribution in [2.75, 3.05) is 0 Å². The van der Waals surface area contributed by atoms with E-state index in [0.717, 1.165) is 0 Å². The number of halogens is 1. The molecule has 2 fully saturated rings. The zero-order valence-electron chi connectivity index (χ0n) is 13.7. The third-order valence-electron chi connectivity index (χ3n) is 5.86. The summed E-state index contributed by atoms with van der Waals surface area (Å²) in [7, 11) is 0. The van der Waals surface area contributed by atoms with E-state index >= 15 is 0 Å². The Morgan fingerprint density at radius 1 is 1.12 bits per heavy atom. The van der Waals surface area contributed by atoms with Crippen LogP contribution in [0.15, 0.2) is 24.3 Å². The maximum atomic E-state index is 12.7. The predicted molar refractivity (Wildman–Crippen MR) is 87.0 cm³/mol. The lowest BCUT2D eigenvalue weighted by Gasteiger charge is -2.35. The number of hydrogen-bond acceptors (Lipinski definition) is 4. The van der Waals surface area contributed by atoms with E-state index in [-0.39, 0.29) is 16.6 Å². The maximum Gasteiger partial charge on any atom is 0.313 e. The highest BCUT2D eigenvalue weighted by atomic mass is 35.5. The van der Waals surface area contributed by atoms with Gasteiger partial charge in [0.05, 0.1) is 16.0 Å². The molecule has 1 aliphatic carbocycles. The van der Waals surface area contributed by atoms with Gasteiger partial charge in [0, 0.05) is 5.41 Å². The Bertz CT molecular complexity index is 748.